The highest BCUT2D eigenvalue weighted by atomic mass is 32.2. The Balaban J connectivity index is 2.19. The number of aromatic amines is 2. The molecule has 0 aliphatic heterocycles. The first-order valence-electron chi connectivity index (χ1n) is 5.23. The maximum absolute atomic E-state index is 11.5. The summed E-state index contributed by atoms with van der Waals surface area (Å²) in [7, 11) is -3.21. The lowest BCUT2D eigenvalue weighted by Crippen LogP contribution is -1.96. The van der Waals surface area contributed by atoms with Crippen LogP contribution in [0.4, 0.5) is 0 Å². The Morgan fingerprint density at radius 1 is 1.28 bits per heavy atom. The van der Waals surface area contributed by atoms with Crippen LogP contribution < -0.4 is 0 Å². The van der Waals surface area contributed by atoms with E-state index >= 15 is 0 Å². The SMILES string of the molecule is CS(=O)(=O)c1ccc2nc(-c3cn[nH]c3)[nH]c2c1. The highest BCUT2D eigenvalue weighted by molar-refractivity contribution is 7.90. The third kappa shape index (κ3) is 1.78. The van der Waals surface area contributed by atoms with Gasteiger partial charge in [0.05, 0.1) is 27.7 Å². The van der Waals surface area contributed by atoms with E-state index in [4.69, 9.17) is 0 Å². The number of nitrogens with one attached hydrogen (secondary N) is 2. The highest BCUT2D eigenvalue weighted by Gasteiger charge is 2.11. The molecule has 92 valence electrons. The molecule has 3 rings (SSSR count). The lowest BCUT2D eigenvalue weighted by Gasteiger charge is -1.96. The zero-order valence-electron chi connectivity index (χ0n) is 9.51. The van der Waals surface area contributed by atoms with Crippen molar-refractivity contribution in [1.82, 2.24) is 20.2 Å². The normalized spacial score (nSPS) is 12.1. The smallest absolute Gasteiger partial charge is 0.175 e. The summed E-state index contributed by atoms with van der Waals surface area (Å²) in [6.45, 7) is 0. The predicted octanol–water partition coefficient (Wildman–Crippen LogP) is 1.36. The summed E-state index contributed by atoms with van der Waals surface area (Å²) >= 11 is 0. The number of benzene rings is 1. The first-order chi connectivity index (χ1) is 8.54. The van der Waals surface area contributed by atoms with E-state index < -0.39 is 9.84 Å². The summed E-state index contributed by atoms with van der Waals surface area (Å²) in [4.78, 5) is 7.72. The van der Waals surface area contributed by atoms with E-state index in [1.807, 2.05) is 0 Å². The fraction of sp³-hybridized carbons (Fsp3) is 0.0909. The van der Waals surface area contributed by atoms with Crippen molar-refractivity contribution in [2.45, 2.75) is 4.90 Å². The largest absolute Gasteiger partial charge is 0.338 e. The van der Waals surface area contributed by atoms with Gasteiger partial charge >= 0.3 is 0 Å². The minimum atomic E-state index is -3.21. The fourth-order valence-corrected chi connectivity index (χ4v) is 2.38. The number of H-pyrrole nitrogens is 2. The third-order valence-corrected chi connectivity index (χ3v) is 3.76. The second-order valence-corrected chi connectivity index (χ2v) is 6.04. The van der Waals surface area contributed by atoms with Gasteiger partial charge in [-0.25, -0.2) is 13.4 Å². The van der Waals surface area contributed by atoms with Crippen molar-refractivity contribution in [3.63, 3.8) is 0 Å². The third-order valence-electron chi connectivity index (χ3n) is 2.65. The van der Waals surface area contributed by atoms with Gasteiger partial charge in [0, 0.05) is 12.5 Å². The monoisotopic (exact) mass is 262 g/mol. The summed E-state index contributed by atoms with van der Waals surface area (Å²) in [6, 6.07) is 4.82. The van der Waals surface area contributed by atoms with Crippen LogP contribution in [0, 0.1) is 0 Å². The quantitative estimate of drug-likeness (QED) is 0.729. The van der Waals surface area contributed by atoms with Crippen molar-refractivity contribution in [2.75, 3.05) is 6.26 Å². The molecule has 18 heavy (non-hydrogen) atoms. The van der Waals surface area contributed by atoms with Crippen LogP contribution in [0.3, 0.4) is 0 Å². The van der Waals surface area contributed by atoms with Gasteiger partial charge in [-0.05, 0) is 18.2 Å². The summed E-state index contributed by atoms with van der Waals surface area (Å²) in [5.74, 6) is 0.657. The van der Waals surface area contributed by atoms with Crippen molar-refractivity contribution >= 4 is 20.9 Å². The zero-order valence-corrected chi connectivity index (χ0v) is 10.3. The van der Waals surface area contributed by atoms with E-state index in [1.54, 1.807) is 30.6 Å². The molecule has 0 fully saturated rings. The highest BCUT2D eigenvalue weighted by Crippen LogP contribution is 2.21. The Labute approximate surface area is 103 Å². The van der Waals surface area contributed by atoms with Crippen LogP contribution >= 0.6 is 0 Å². The molecular weight excluding hydrogens is 252 g/mol. The van der Waals surface area contributed by atoms with Gasteiger partial charge in [0.2, 0.25) is 0 Å². The molecular formula is C11H10N4O2S. The van der Waals surface area contributed by atoms with E-state index in [2.05, 4.69) is 20.2 Å². The first kappa shape index (κ1) is 11.0. The molecule has 0 bridgehead atoms. The van der Waals surface area contributed by atoms with Gasteiger partial charge in [0.1, 0.15) is 5.82 Å². The lowest BCUT2D eigenvalue weighted by atomic mass is 10.3. The van der Waals surface area contributed by atoms with Crippen LogP contribution in [0.1, 0.15) is 0 Å². The molecule has 0 aliphatic rings. The molecule has 0 atom stereocenters. The lowest BCUT2D eigenvalue weighted by molar-refractivity contribution is 0.602. The van der Waals surface area contributed by atoms with Gasteiger partial charge < -0.3 is 4.98 Å². The van der Waals surface area contributed by atoms with Gasteiger partial charge in [0.25, 0.3) is 0 Å². The van der Waals surface area contributed by atoms with E-state index in [0.717, 1.165) is 11.1 Å². The maximum atomic E-state index is 11.5. The van der Waals surface area contributed by atoms with E-state index in [1.165, 1.54) is 6.26 Å². The second-order valence-electron chi connectivity index (χ2n) is 4.02. The predicted molar refractivity (Wildman–Crippen MR) is 66.8 cm³/mol. The minimum Gasteiger partial charge on any atom is -0.338 e. The van der Waals surface area contributed by atoms with Crippen LogP contribution in [-0.2, 0) is 9.84 Å². The van der Waals surface area contributed by atoms with Gasteiger partial charge in [-0.2, -0.15) is 5.10 Å². The maximum Gasteiger partial charge on any atom is 0.175 e. The van der Waals surface area contributed by atoms with Crippen LogP contribution in [0.2, 0.25) is 0 Å². The number of nitrogens with zero attached hydrogens (tertiary/aromatic N) is 2. The number of imidazole rings is 1. The molecule has 0 unspecified atom stereocenters. The van der Waals surface area contributed by atoms with E-state index in [9.17, 15) is 8.42 Å². The first-order valence-corrected chi connectivity index (χ1v) is 7.12. The molecule has 3 aromatic rings. The fourth-order valence-electron chi connectivity index (χ4n) is 1.74. The number of aromatic nitrogens is 4. The van der Waals surface area contributed by atoms with Gasteiger partial charge in [0.15, 0.2) is 9.84 Å². The molecule has 2 aromatic heterocycles. The molecule has 0 saturated carbocycles. The zero-order chi connectivity index (χ0) is 12.8. The number of rotatable bonds is 2. The Morgan fingerprint density at radius 3 is 2.78 bits per heavy atom. The molecule has 0 aliphatic carbocycles. The number of hydrogen-bond acceptors (Lipinski definition) is 4. The average Bonchev–Trinajstić information content (AvgIpc) is 2.95. The number of fused-ring (bicyclic) bond motifs is 1. The van der Waals surface area contributed by atoms with Crippen molar-refractivity contribution in [3.05, 3.63) is 30.6 Å². The van der Waals surface area contributed by atoms with E-state index in [-0.39, 0.29) is 4.90 Å². The Hall–Kier alpha value is -2.15. The molecule has 1 aromatic carbocycles. The van der Waals surface area contributed by atoms with Crippen LogP contribution in [-0.4, -0.2) is 34.8 Å². The summed E-state index contributed by atoms with van der Waals surface area (Å²) in [6.07, 6.45) is 4.55. The molecule has 0 radical (unpaired) electrons. The van der Waals surface area contributed by atoms with Gasteiger partial charge in [-0.1, -0.05) is 0 Å². The molecule has 6 nitrogen and oxygen atoms in total. The standard InChI is InChI=1S/C11H10N4O2S/c1-18(16,17)8-2-3-9-10(4-8)15-11(14-9)7-5-12-13-6-7/h2-6H,1H3,(H,12,13)(H,14,15). The Morgan fingerprint density at radius 2 is 2.11 bits per heavy atom. The van der Waals surface area contributed by atoms with Crippen molar-refractivity contribution in [2.24, 2.45) is 0 Å². The van der Waals surface area contributed by atoms with Crippen molar-refractivity contribution in [3.8, 4) is 11.4 Å². The van der Waals surface area contributed by atoms with Crippen molar-refractivity contribution < 1.29 is 8.42 Å². The van der Waals surface area contributed by atoms with E-state index in [0.29, 0.717) is 11.3 Å². The Kier molecular flexibility index (Phi) is 2.24. The average molecular weight is 262 g/mol. The summed E-state index contributed by atoms with van der Waals surface area (Å²) in [5.41, 5.74) is 2.24. The summed E-state index contributed by atoms with van der Waals surface area (Å²) < 4.78 is 22.9. The second kappa shape index (κ2) is 3.67. The molecule has 2 heterocycles. The topological polar surface area (TPSA) is 91.5 Å². The van der Waals surface area contributed by atoms with Gasteiger partial charge in [-0.3, -0.25) is 5.10 Å². The van der Waals surface area contributed by atoms with Crippen LogP contribution in [0.25, 0.3) is 22.4 Å². The minimum absolute atomic E-state index is 0.275. The molecule has 0 spiro atoms. The molecule has 0 saturated heterocycles. The number of sulfone groups is 1. The number of hydrogen-bond donors (Lipinski definition) is 2. The van der Waals surface area contributed by atoms with Crippen molar-refractivity contribution in [1.29, 1.82) is 0 Å². The van der Waals surface area contributed by atoms with Crippen LogP contribution in [0.5, 0.6) is 0 Å². The Bertz CT molecular complexity index is 803. The molecule has 7 heteroatoms. The molecule has 2 N–H and O–H groups in total. The van der Waals surface area contributed by atoms with Crippen LogP contribution in [0.15, 0.2) is 35.5 Å². The molecule has 0 amide bonds. The van der Waals surface area contributed by atoms with Gasteiger partial charge in [-0.15, -0.1) is 0 Å². The summed E-state index contributed by atoms with van der Waals surface area (Å²) in [5, 5.41) is 6.55.